The Bertz CT molecular complexity index is 483. The molecule has 0 spiro atoms. The van der Waals surface area contributed by atoms with E-state index in [2.05, 4.69) is 5.32 Å². The van der Waals surface area contributed by atoms with Crippen LogP contribution in [0.25, 0.3) is 0 Å². The zero-order chi connectivity index (χ0) is 13.2. The molecule has 0 bridgehead atoms. The Kier molecular flexibility index (Phi) is 3.51. The lowest BCUT2D eigenvalue weighted by molar-refractivity contribution is -0.122. The third-order valence-corrected chi connectivity index (χ3v) is 4.07. The summed E-state index contributed by atoms with van der Waals surface area (Å²) in [5.74, 6) is 0.0527. The van der Waals surface area contributed by atoms with Gasteiger partial charge in [-0.25, -0.2) is 4.39 Å². The molecule has 3 rings (SSSR count). The van der Waals surface area contributed by atoms with Gasteiger partial charge in [0.25, 0.3) is 0 Å². The van der Waals surface area contributed by atoms with E-state index in [9.17, 15) is 9.18 Å². The van der Waals surface area contributed by atoms with E-state index in [1.807, 2.05) is 4.90 Å². The number of aryl methyl sites for hydroxylation is 1. The topological polar surface area (TPSA) is 32.3 Å². The molecule has 2 heterocycles. The summed E-state index contributed by atoms with van der Waals surface area (Å²) in [5.41, 5.74) is 1.87. The average molecular weight is 262 g/mol. The molecule has 1 aromatic rings. The van der Waals surface area contributed by atoms with Gasteiger partial charge in [0.1, 0.15) is 5.82 Å². The first-order valence-electron chi connectivity index (χ1n) is 7.06. The first-order chi connectivity index (χ1) is 9.25. The first-order valence-corrected chi connectivity index (χ1v) is 7.06. The van der Waals surface area contributed by atoms with Gasteiger partial charge in [-0.15, -0.1) is 0 Å². The second-order valence-electron chi connectivity index (χ2n) is 5.41. The zero-order valence-electron chi connectivity index (χ0n) is 11.0. The number of piperidine rings is 1. The summed E-state index contributed by atoms with van der Waals surface area (Å²) in [6.07, 6.45) is 3.79. The van der Waals surface area contributed by atoms with Crippen LogP contribution in [0.1, 0.15) is 24.8 Å². The van der Waals surface area contributed by atoms with Gasteiger partial charge >= 0.3 is 0 Å². The van der Waals surface area contributed by atoms with Crippen LogP contribution in [0, 0.1) is 11.7 Å². The minimum Gasteiger partial charge on any atom is -0.316 e. The lowest BCUT2D eigenvalue weighted by atomic mass is 9.95. The van der Waals surface area contributed by atoms with Gasteiger partial charge in [0.2, 0.25) is 5.91 Å². The van der Waals surface area contributed by atoms with E-state index in [4.69, 9.17) is 0 Å². The highest BCUT2D eigenvalue weighted by atomic mass is 19.1. The molecule has 0 aliphatic carbocycles. The molecule has 1 fully saturated rings. The molecule has 1 aromatic carbocycles. The van der Waals surface area contributed by atoms with Gasteiger partial charge in [-0.2, -0.15) is 0 Å². The number of nitrogens with one attached hydrogen (secondary N) is 1. The monoisotopic (exact) mass is 262 g/mol. The maximum Gasteiger partial charge on any atom is 0.231 e. The molecule has 1 amide bonds. The number of hydrogen-bond donors (Lipinski definition) is 1. The van der Waals surface area contributed by atoms with Crippen LogP contribution in [0.4, 0.5) is 10.1 Å². The number of carbonyl (C=O) groups excluding carboxylic acids is 1. The smallest absolute Gasteiger partial charge is 0.231 e. The van der Waals surface area contributed by atoms with Crippen molar-refractivity contribution in [1.29, 1.82) is 0 Å². The molecule has 1 atom stereocenters. The number of amides is 1. The Hall–Kier alpha value is -1.42. The number of benzene rings is 1. The van der Waals surface area contributed by atoms with E-state index in [0.29, 0.717) is 0 Å². The minimum absolute atomic E-state index is 0.0738. The Morgan fingerprint density at radius 3 is 3.05 bits per heavy atom. The fourth-order valence-corrected chi connectivity index (χ4v) is 3.08. The van der Waals surface area contributed by atoms with Gasteiger partial charge in [0, 0.05) is 18.8 Å². The maximum atomic E-state index is 13.3. The van der Waals surface area contributed by atoms with Crippen LogP contribution in [0.5, 0.6) is 0 Å². The van der Waals surface area contributed by atoms with Gasteiger partial charge in [-0.05, 0) is 56.0 Å². The van der Waals surface area contributed by atoms with Crippen LogP contribution >= 0.6 is 0 Å². The summed E-state index contributed by atoms with van der Waals surface area (Å²) in [7, 11) is 0. The highest BCUT2D eigenvalue weighted by molar-refractivity contribution is 5.96. The van der Waals surface area contributed by atoms with Gasteiger partial charge in [0.05, 0.1) is 5.92 Å². The van der Waals surface area contributed by atoms with E-state index >= 15 is 0 Å². The standard InChI is InChI=1S/C15H19FN2O/c16-13-5-6-14-11(9-13)4-2-8-18(14)15(19)12-3-1-7-17-10-12/h5-6,9,12,17H,1-4,7-8,10H2. The molecule has 0 radical (unpaired) electrons. The van der Waals surface area contributed by atoms with Crippen molar-refractivity contribution in [2.75, 3.05) is 24.5 Å². The molecule has 2 aliphatic heterocycles. The maximum absolute atomic E-state index is 13.3. The van der Waals surface area contributed by atoms with Crippen molar-refractivity contribution in [2.45, 2.75) is 25.7 Å². The predicted octanol–water partition coefficient (Wildman–Crippen LogP) is 2.10. The molecule has 4 heteroatoms. The number of anilines is 1. The average Bonchev–Trinajstić information content (AvgIpc) is 2.46. The Morgan fingerprint density at radius 1 is 1.37 bits per heavy atom. The summed E-state index contributed by atoms with van der Waals surface area (Å²) in [6.45, 7) is 2.53. The largest absolute Gasteiger partial charge is 0.316 e. The van der Waals surface area contributed by atoms with Gasteiger partial charge in [0.15, 0.2) is 0 Å². The fourth-order valence-electron chi connectivity index (χ4n) is 3.08. The van der Waals surface area contributed by atoms with Crippen LogP contribution in [-0.2, 0) is 11.2 Å². The van der Waals surface area contributed by atoms with Crippen molar-refractivity contribution >= 4 is 11.6 Å². The van der Waals surface area contributed by atoms with Crippen LogP contribution in [-0.4, -0.2) is 25.5 Å². The van der Waals surface area contributed by atoms with Crippen molar-refractivity contribution in [3.63, 3.8) is 0 Å². The van der Waals surface area contributed by atoms with Crippen molar-refractivity contribution in [3.8, 4) is 0 Å². The number of carbonyl (C=O) groups is 1. The predicted molar refractivity (Wildman–Crippen MR) is 72.7 cm³/mol. The molecule has 0 saturated carbocycles. The lowest BCUT2D eigenvalue weighted by Gasteiger charge is -2.33. The van der Waals surface area contributed by atoms with E-state index in [0.717, 1.165) is 56.6 Å². The lowest BCUT2D eigenvalue weighted by Crippen LogP contribution is -2.45. The Morgan fingerprint density at radius 2 is 2.26 bits per heavy atom. The zero-order valence-corrected chi connectivity index (χ0v) is 11.0. The van der Waals surface area contributed by atoms with Gasteiger partial charge < -0.3 is 10.2 Å². The highest BCUT2D eigenvalue weighted by Crippen LogP contribution is 2.29. The van der Waals surface area contributed by atoms with Gasteiger partial charge in [-0.3, -0.25) is 4.79 Å². The first kappa shape index (κ1) is 12.6. The quantitative estimate of drug-likeness (QED) is 0.840. The second kappa shape index (κ2) is 5.29. The van der Waals surface area contributed by atoms with Crippen LogP contribution < -0.4 is 10.2 Å². The van der Waals surface area contributed by atoms with Crippen molar-refractivity contribution in [1.82, 2.24) is 5.32 Å². The summed E-state index contributed by atoms with van der Waals surface area (Å²) in [6, 6.07) is 4.76. The Labute approximate surface area is 112 Å². The summed E-state index contributed by atoms with van der Waals surface area (Å²) < 4.78 is 13.3. The van der Waals surface area contributed by atoms with Gasteiger partial charge in [-0.1, -0.05) is 0 Å². The number of fused-ring (bicyclic) bond motifs is 1. The normalized spacial score (nSPS) is 23.0. The van der Waals surface area contributed by atoms with Crippen LogP contribution in [0.2, 0.25) is 0 Å². The number of hydrogen-bond acceptors (Lipinski definition) is 2. The number of halogens is 1. The SMILES string of the molecule is O=C(C1CCCNC1)N1CCCc2cc(F)ccc21. The molecule has 0 aromatic heterocycles. The summed E-state index contributed by atoms with van der Waals surface area (Å²) in [5, 5.41) is 3.28. The molecule has 19 heavy (non-hydrogen) atoms. The van der Waals surface area contributed by atoms with Crippen molar-refractivity contribution in [3.05, 3.63) is 29.6 Å². The van der Waals surface area contributed by atoms with Crippen molar-refractivity contribution in [2.24, 2.45) is 5.92 Å². The van der Waals surface area contributed by atoms with Crippen LogP contribution in [0.15, 0.2) is 18.2 Å². The molecule has 1 unspecified atom stereocenters. The Balaban J connectivity index is 1.84. The fraction of sp³-hybridized carbons (Fsp3) is 0.533. The summed E-state index contributed by atoms with van der Waals surface area (Å²) >= 11 is 0. The molecule has 3 nitrogen and oxygen atoms in total. The molecular weight excluding hydrogens is 243 g/mol. The third kappa shape index (κ3) is 2.50. The van der Waals surface area contributed by atoms with Crippen LogP contribution in [0.3, 0.4) is 0 Å². The summed E-state index contributed by atoms with van der Waals surface area (Å²) in [4.78, 5) is 14.5. The van der Waals surface area contributed by atoms with Crippen molar-refractivity contribution < 1.29 is 9.18 Å². The van der Waals surface area contributed by atoms with E-state index in [-0.39, 0.29) is 17.6 Å². The number of rotatable bonds is 1. The highest BCUT2D eigenvalue weighted by Gasteiger charge is 2.29. The number of nitrogens with zero attached hydrogens (tertiary/aromatic N) is 1. The molecule has 102 valence electrons. The van der Waals surface area contributed by atoms with E-state index in [1.54, 1.807) is 12.1 Å². The van der Waals surface area contributed by atoms with E-state index < -0.39 is 0 Å². The second-order valence-corrected chi connectivity index (χ2v) is 5.41. The molecular formula is C15H19FN2O. The third-order valence-electron chi connectivity index (χ3n) is 4.07. The molecule has 1 saturated heterocycles. The minimum atomic E-state index is -0.215. The van der Waals surface area contributed by atoms with E-state index in [1.165, 1.54) is 6.07 Å². The molecule has 1 N–H and O–H groups in total. The molecule has 2 aliphatic rings.